The maximum atomic E-state index is 5.34. The van der Waals surface area contributed by atoms with Gasteiger partial charge in [0, 0.05) is 22.7 Å². The average molecular weight is 379 g/mol. The number of hydrogen-bond acceptors (Lipinski definition) is 4. The van der Waals surface area contributed by atoms with Crippen LogP contribution in [0, 0.1) is 0 Å². The van der Waals surface area contributed by atoms with Crippen molar-refractivity contribution < 1.29 is 4.42 Å². The van der Waals surface area contributed by atoms with E-state index >= 15 is 0 Å². The molecule has 0 saturated heterocycles. The van der Waals surface area contributed by atoms with Gasteiger partial charge >= 0.3 is 0 Å². The monoisotopic (exact) mass is 379 g/mol. The van der Waals surface area contributed by atoms with E-state index in [1.807, 2.05) is 18.2 Å². The fraction of sp³-hybridized carbons (Fsp3) is 0.160. The number of fused-ring (bicyclic) bond motifs is 2. The topological polar surface area (TPSA) is 51.8 Å². The Morgan fingerprint density at radius 2 is 1.52 bits per heavy atom. The first kappa shape index (κ1) is 17.6. The minimum atomic E-state index is 0.0295. The molecule has 142 valence electrons. The maximum absolute atomic E-state index is 5.34. The smallest absolute Gasteiger partial charge is 0.225 e. The second-order valence-electron chi connectivity index (χ2n) is 8.32. The Hall–Kier alpha value is -3.53. The van der Waals surface area contributed by atoms with Crippen LogP contribution in [0.1, 0.15) is 26.3 Å². The zero-order valence-corrected chi connectivity index (χ0v) is 16.7. The third-order valence-corrected chi connectivity index (χ3v) is 5.23. The molecular formula is C25H21N3O. The molecule has 2 aromatic carbocycles. The summed E-state index contributed by atoms with van der Waals surface area (Å²) >= 11 is 0. The fourth-order valence-electron chi connectivity index (χ4n) is 3.75. The molecular weight excluding hydrogens is 358 g/mol. The molecule has 0 unspecified atom stereocenters. The highest BCUT2D eigenvalue weighted by Crippen LogP contribution is 2.35. The van der Waals surface area contributed by atoms with Crippen molar-refractivity contribution in [1.82, 2.24) is 15.0 Å². The molecule has 0 radical (unpaired) electrons. The molecule has 0 N–H and O–H groups in total. The van der Waals surface area contributed by atoms with Crippen LogP contribution in [0.3, 0.4) is 0 Å². The largest absolute Gasteiger partial charge is 0.446 e. The molecule has 5 rings (SSSR count). The van der Waals surface area contributed by atoms with Gasteiger partial charge in [0.1, 0.15) is 6.33 Å². The Bertz CT molecular complexity index is 1350. The quantitative estimate of drug-likeness (QED) is 0.356. The Morgan fingerprint density at radius 3 is 2.34 bits per heavy atom. The molecule has 29 heavy (non-hydrogen) atoms. The minimum Gasteiger partial charge on any atom is -0.446 e. The lowest BCUT2D eigenvalue weighted by molar-refractivity contribution is 0.596. The molecule has 0 amide bonds. The number of benzene rings is 2. The average Bonchev–Trinajstić information content (AvgIpc) is 3.20. The summed E-state index contributed by atoms with van der Waals surface area (Å²) in [4.78, 5) is 13.4. The molecule has 0 bridgehead atoms. The maximum Gasteiger partial charge on any atom is 0.225 e. The van der Waals surface area contributed by atoms with E-state index in [9.17, 15) is 0 Å². The lowest BCUT2D eigenvalue weighted by atomic mass is 9.82. The summed E-state index contributed by atoms with van der Waals surface area (Å²) in [6, 6.07) is 19.0. The molecule has 0 fully saturated rings. The van der Waals surface area contributed by atoms with Crippen molar-refractivity contribution in [3.8, 4) is 22.5 Å². The second kappa shape index (κ2) is 6.52. The van der Waals surface area contributed by atoms with Gasteiger partial charge in [-0.05, 0) is 52.1 Å². The molecule has 0 aliphatic carbocycles. The Morgan fingerprint density at radius 1 is 0.759 bits per heavy atom. The predicted octanol–water partition coefficient (Wildman–Crippen LogP) is 6.40. The van der Waals surface area contributed by atoms with E-state index in [1.54, 1.807) is 18.8 Å². The van der Waals surface area contributed by atoms with Crippen LogP contribution in [0.2, 0.25) is 0 Å². The van der Waals surface area contributed by atoms with Crippen molar-refractivity contribution in [1.29, 1.82) is 0 Å². The van der Waals surface area contributed by atoms with Crippen LogP contribution >= 0.6 is 0 Å². The van der Waals surface area contributed by atoms with Crippen molar-refractivity contribution in [3.63, 3.8) is 0 Å². The highest BCUT2D eigenvalue weighted by Gasteiger charge is 2.18. The lowest BCUT2D eigenvalue weighted by Gasteiger charge is -2.22. The Kier molecular flexibility index (Phi) is 3.95. The second-order valence-corrected chi connectivity index (χ2v) is 8.32. The Labute approximate surface area is 169 Å². The first-order chi connectivity index (χ1) is 14.0. The van der Waals surface area contributed by atoms with Crippen LogP contribution < -0.4 is 0 Å². The van der Waals surface area contributed by atoms with Crippen molar-refractivity contribution in [2.75, 3.05) is 0 Å². The van der Waals surface area contributed by atoms with Gasteiger partial charge in [0.15, 0.2) is 0 Å². The SMILES string of the molecule is CC(C)(C)c1cc(-c2cc(-c3cnc4occc4c3)ncn2)cc2ccccc12. The number of furan rings is 1. The molecule has 4 heteroatoms. The van der Waals surface area contributed by atoms with Crippen molar-refractivity contribution in [3.05, 3.63) is 78.9 Å². The number of pyridine rings is 1. The van der Waals surface area contributed by atoms with Gasteiger partial charge in [-0.2, -0.15) is 0 Å². The zero-order valence-electron chi connectivity index (χ0n) is 16.7. The molecule has 0 atom stereocenters. The Balaban J connectivity index is 1.66. The highest BCUT2D eigenvalue weighted by molar-refractivity contribution is 5.91. The van der Waals surface area contributed by atoms with Crippen molar-refractivity contribution >= 4 is 21.9 Å². The molecule has 0 aliphatic rings. The number of nitrogens with zero attached hydrogens (tertiary/aromatic N) is 3. The standard InChI is InChI=1S/C25H21N3O/c1-25(2,3)21-12-18(10-16-6-4-5-7-20(16)21)22-13-23(28-15-27-22)19-11-17-8-9-29-24(17)26-14-19/h4-15H,1-3H3. The third kappa shape index (κ3) is 3.17. The van der Waals surface area contributed by atoms with E-state index < -0.39 is 0 Å². The zero-order chi connectivity index (χ0) is 20.0. The predicted molar refractivity (Wildman–Crippen MR) is 117 cm³/mol. The van der Waals surface area contributed by atoms with Gasteiger partial charge in [0.05, 0.1) is 17.7 Å². The molecule has 0 saturated carbocycles. The van der Waals surface area contributed by atoms with E-state index in [0.717, 1.165) is 27.9 Å². The number of rotatable bonds is 2. The summed E-state index contributed by atoms with van der Waals surface area (Å²) in [5, 5.41) is 3.47. The van der Waals surface area contributed by atoms with Gasteiger partial charge in [-0.25, -0.2) is 15.0 Å². The van der Waals surface area contributed by atoms with E-state index in [-0.39, 0.29) is 5.41 Å². The normalized spacial score (nSPS) is 12.0. The van der Waals surface area contributed by atoms with Gasteiger partial charge in [0.2, 0.25) is 5.71 Å². The first-order valence-electron chi connectivity index (χ1n) is 9.68. The van der Waals surface area contributed by atoms with Gasteiger partial charge in [-0.15, -0.1) is 0 Å². The summed E-state index contributed by atoms with van der Waals surface area (Å²) in [7, 11) is 0. The minimum absolute atomic E-state index is 0.0295. The summed E-state index contributed by atoms with van der Waals surface area (Å²) in [5.41, 5.74) is 5.75. The van der Waals surface area contributed by atoms with E-state index in [2.05, 4.69) is 72.1 Å². The molecule has 3 aromatic heterocycles. The van der Waals surface area contributed by atoms with Gasteiger partial charge in [-0.3, -0.25) is 0 Å². The van der Waals surface area contributed by atoms with Crippen LogP contribution in [-0.4, -0.2) is 15.0 Å². The van der Waals surface area contributed by atoms with Crippen LogP contribution in [0.15, 0.2) is 77.8 Å². The first-order valence-corrected chi connectivity index (χ1v) is 9.68. The van der Waals surface area contributed by atoms with Crippen molar-refractivity contribution in [2.45, 2.75) is 26.2 Å². The van der Waals surface area contributed by atoms with Crippen LogP contribution in [-0.2, 0) is 5.41 Å². The summed E-state index contributed by atoms with van der Waals surface area (Å²) < 4.78 is 5.34. The summed E-state index contributed by atoms with van der Waals surface area (Å²) in [6.45, 7) is 6.74. The molecule has 0 spiro atoms. The summed E-state index contributed by atoms with van der Waals surface area (Å²) in [6.07, 6.45) is 5.06. The van der Waals surface area contributed by atoms with E-state index in [4.69, 9.17) is 4.42 Å². The van der Waals surface area contributed by atoms with Gasteiger partial charge in [0.25, 0.3) is 0 Å². The number of hydrogen-bond donors (Lipinski definition) is 0. The van der Waals surface area contributed by atoms with Gasteiger partial charge in [-0.1, -0.05) is 45.0 Å². The van der Waals surface area contributed by atoms with E-state index in [0.29, 0.717) is 5.71 Å². The van der Waals surface area contributed by atoms with Crippen LogP contribution in [0.4, 0.5) is 0 Å². The molecule has 3 heterocycles. The highest BCUT2D eigenvalue weighted by atomic mass is 16.3. The van der Waals surface area contributed by atoms with E-state index in [1.165, 1.54) is 16.3 Å². The fourth-order valence-corrected chi connectivity index (χ4v) is 3.75. The van der Waals surface area contributed by atoms with Gasteiger partial charge < -0.3 is 4.42 Å². The van der Waals surface area contributed by atoms with Crippen LogP contribution in [0.25, 0.3) is 44.4 Å². The summed E-state index contributed by atoms with van der Waals surface area (Å²) in [5.74, 6) is 0. The third-order valence-electron chi connectivity index (χ3n) is 5.23. The molecule has 0 aliphatic heterocycles. The van der Waals surface area contributed by atoms with Crippen molar-refractivity contribution in [2.24, 2.45) is 0 Å². The van der Waals surface area contributed by atoms with Crippen LogP contribution in [0.5, 0.6) is 0 Å². The molecule has 5 aromatic rings. The number of aromatic nitrogens is 3. The lowest BCUT2D eigenvalue weighted by Crippen LogP contribution is -2.12. The molecule has 4 nitrogen and oxygen atoms in total.